The van der Waals surface area contributed by atoms with Crippen molar-refractivity contribution < 1.29 is 14.4 Å². The molecule has 3 amide bonds. The first kappa shape index (κ1) is 18.1. The van der Waals surface area contributed by atoms with E-state index in [-0.39, 0.29) is 34.9 Å². The Labute approximate surface area is 162 Å². The summed E-state index contributed by atoms with van der Waals surface area (Å²) in [4.78, 5) is 38.4. The highest BCUT2D eigenvalue weighted by atomic mass is 32.2. The Hall–Kier alpha value is -2.28. The molecule has 4 rings (SSSR count). The molecule has 1 aliphatic carbocycles. The van der Waals surface area contributed by atoms with Crippen LogP contribution in [0.25, 0.3) is 10.9 Å². The Kier molecular flexibility index (Phi) is 4.95. The summed E-state index contributed by atoms with van der Waals surface area (Å²) in [7, 11) is 1.98. The summed E-state index contributed by atoms with van der Waals surface area (Å²) in [6.07, 6.45) is 5.82. The lowest BCUT2D eigenvalue weighted by Crippen LogP contribution is -2.55. The average molecular weight is 385 g/mol. The number of carbonyl (C=O) groups excluding carboxylic acids is 3. The van der Waals surface area contributed by atoms with Crippen LogP contribution in [0.1, 0.15) is 31.2 Å². The predicted octanol–water partition coefficient (Wildman–Crippen LogP) is 2.84. The van der Waals surface area contributed by atoms with Crippen LogP contribution in [0.5, 0.6) is 0 Å². The summed E-state index contributed by atoms with van der Waals surface area (Å²) in [6.45, 7) is 0. The van der Waals surface area contributed by atoms with Gasteiger partial charge in [-0.25, -0.2) is 0 Å². The maximum absolute atomic E-state index is 12.7. The molecule has 142 valence electrons. The zero-order chi connectivity index (χ0) is 19.0. The summed E-state index contributed by atoms with van der Waals surface area (Å²) < 4.78 is 2.03. The first-order valence-electron chi connectivity index (χ1n) is 9.35. The fourth-order valence-electron chi connectivity index (χ4n) is 4.27. The SMILES string of the molecule is Cn1cc(CC(=O)NC2CCCCC2N2C(=O)CSC2=O)c2ccccc21. The second-order valence-electron chi connectivity index (χ2n) is 7.30. The maximum Gasteiger partial charge on any atom is 0.289 e. The highest BCUT2D eigenvalue weighted by Gasteiger charge is 2.41. The maximum atomic E-state index is 12.7. The van der Waals surface area contributed by atoms with Crippen molar-refractivity contribution in [3.05, 3.63) is 36.0 Å². The van der Waals surface area contributed by atoms with Gasteiger partial charge in [0, 0.05) is 30.2 Å². The fraction of sp³-hybridized carbons (Fsp3) is 0.450. The van der Waals surface area contributed by atoms with Crippen LogP contribution >= 0.6 is 11.8 Å². The Morgan fingerprint density at radius 1 is 1.22 bits per heavy atom. The van der Waals surface area contributed by atoms with Crippen LogP contribution in [0.3, 0.4) is 0 Å². The number of nitrogens with zero attached hydrogens (tertiary/aromatic N) is 2. The van der Waals surface area contributed by atoms with Gasteiger partial charge in [0.25, 0.3) is 5.24 Å². The van der Waals surface area contributed by atoms with Gasteiger partial charge in [0.2, 0.25) is 11.8 Å². The van der Waals surface area contributed by atoms with E-state index >= 15 is 0 Å². The zero-order valence-corrected chi connectivity index (χ0v) is 16.1. The number of aryl methyl sites for hydroxylation is 1. The average Bonchev–Trinajstić information content (AvgIpc) is 3.15. The van der Waals surface area contributed by atoms with Gasteiger partial charge in [-0.1, -0.05) is 42.8 Å². The van der Waals surface area contributed by atoms with E-state index in [2.05, 4.69) is 5.32 Å². The first-order chi connectivity index (χ1) is 13.0. The summed E-state index contributed by atoms with van der Waals surface area (Å²) in [5.74, 6) is 0.0200. The zero-order valence-electron chi connectivity index (χ0n) is 15.3. The Morgan fingerprint density at radius 3 is 2.78 bits per heavy atom. The molecule has 2 aromatic rings. The molecule has 27 heavy (non-hydrogen) atoms. The van der Waals surface area contributed by atoms with Crippen molar-refractivity contribution in [2.75, 3.05) is 5.75 Å². The van der Waals surface area contributed by atoms with Crippen LogP contribution in [0.15, 0.2) is 30.5 Å². The highest BCUT2D eigenvalue weighted by Crippen LogP contribution is 2.30. The molecule has 2 atom stereocenters. The number of imide groups is 1. The molecule has 1 saturated carbocycles. The van der Waals surface area contributed by atoms with Crippen LogP contribution in [-0.2, 0) is 23.1 Å². The molecular formula is C20H23N3O3S. The Balaban J connectivity index is 1.49. The third kappa shape index (κ3) is 3.48. The molecule has 0 spiro atoms. The first-order valence-corrected chi connectivity index (χ1v) is 10.3. The smallest absolute Gasteiger partial charge is 0.289 e. The lowest BCUT2D eigenvalue weighted by molar-refractivity contribution is -0.129. The number of hydrogen-bond acceptors (Lipinski definition) is 4. The molecule has 6 nitrogen and oxygen atoms in total. The minimum Gasteiger partial charge on any atom is -0.351 e. The van der Waals surface area contributed by atoms with Crippen molar-refractivity contribution in [1.29, 1.82) is 0 Å². The molecular weight excluding hydrogens is 362 g/mol. The third-order valence-electron chi connectivity index (χ3n) is 5.52. The van der Waals surface area contributed by atoms with Gasteiger partial charge < -0.3 is 9.88 Å². The molecule has 1 aromatic heterocycles. The number of thioether (sulfide) groups is 1. The monoisotopic (exact) mass is 385 g/mol. The van der Waals surface area contributed by atoms with Crippen molar-refractivity contribution >= 4 is 39.7 Å². The number of benzene rings is 1. The van der Waals surface area contributed by atoms with Crippen molar-refractivity contribution in [2.45, 2.75) is 44.2 Å². The van der Waals surface area contributed by atoms with Gasteiger partial charge in [0.05, 0.1) is 18.2 Å². The van der Waals surface area contributed by atoms with E-state index in [0.717, 1.165) is 53.9 Å². The van der Waals surface area contributed by atoms with Crippen LogP contribution in [0, 0.1) is 0 Å². The molecule has 7 heteroatoms. The molecule has 0 bridgehead atoms. The third-order valence-corrected chi connectivity index (χ3v) is 6.36. The Bertz CT molecular complexity index is 891. The number of amides is 3. The van der Waals surface area contributed by atoms with Crippen LogP contribution in [0.4, 0.5) is 4.79 Å². The van der Waals surface area contributed by atoms with E-state index in [9.17, 15) is 14.4 Å². The lowest BCUT2D eigenvalue weighted by Gasteiger charge is -2.36. The highest BCUT2D eigenvalue weighted by molar-refractivity contribution is 8.14. The standard InChI is InChI=1S/C20H23N3O3S/c1-22-11-13(14-6-2-4-8-16(14)22)10-18(24)21-15-7-3-5-9-17(15)23-19(25)12-27-20(23)26/h2,4,6,8,11,15,17H,3,5,7,9-10,12H2,1H3,(H,21,24). The molecule has 2 heterocycles. The number of nitrogens with one attached hydrogen (secondary N) is 1. The number of para-hydroxylation sites is 1. The molecule has 1 N–H and O–H groups in total. The second kappa shape index (κ2) is 7.38. The van der Waals surface area contributed by atoms with Gasteiger partial charge in [-0.15, -0.1) is 0 Å². The molecule has 0 radical (unpaired) electrons. The van der Waals surface area contributed by atoms with Crippen molar-refractivity contribution in [3.8, 4) is 0 Å². The van der Waals surface area contributed by atoms with E-state index in [1.165, 1.54) is 4.90 Å². The lowest BCUT2D eigenvalue weighted by atomic mass is 9.89. The summed E-state index contributed by atoms with van der Waals surface area (Å²) >= 11 is 1.06. The normalized spacial score (nSPS) is 23.2. The van der Waals surface area contributed by atoms with Crippen LogP contribution in [0.2, 0.25) is 0 Å². The largest absolute Gasteiger partial charge is 0.351 e. The van der Waals surface area contributed by atoms with E-state index < -0.39 is 0 Å². The molecule has 2 unspecified atom stereocenters. The summed E-state index contributed by atoms with van der Waals surface area (Å²) in [5, 5.41) is 4.01. The number of rotatable bonds is 4. The molecule has 2 fully saturated rings. The van der Waals surface area contributed by atoms with Crippen molar-refractivity contribution in [2.24, 2.45) is 7.05 Å². The summed E-state index contributed by atoms with van der Waals surface area (Å²) in [6, 6.07) is 7.65. The van der Waals surface area contributed by atoms with E-state index in [1.807, 2.05) is 42.1 Å². The van der Waals surface area contributed by atoms with Crippen molar-refractivity contribution in [1.82, 2.24) is 14.8 Å². The Morgan fingerprint density at radius 2 is 2.00 bits per heavy atom. The number of aromatic nitrogens is 1. The molecule has 1 aromatic carbocycles. The van der Waals surface area contributed by atoms with Gasteiger partial charge >= 0.3 is 0 Å². The van der Waals surface area contributed by atoms with E-state index in [0.29, 0.717) is 6.42 Å². The number of hydrogen-bond donors (Lipinski definition) is 1. The van der Waals surface area contributed by atoms with Gasteiger partial charge in [-0.05, 0) is 24.5 Å². The summed E-state index contributed by atoms with van der Waals surface area (Å²) in [5.41, 5.74) is 2.09. The second-order valence-corrected chi connectivity index (χ2v) is 8.23. The quantitative estimate of drug-likeness (QED) is 0.879. The van der Waals surface area contributed by atoms with Gasteiger partial charge in [-0.3, -0.25) is 19.3 Å². The topological polar surface area (TPSA) is 71.4 Å². The van der Waals surface area contributed by atoms with Crippen LogP contribution < -0.4 is 5.32 Å². The van der Waals surface area contributed by atoms with E-state index in [1.54, 1.807) is 0 Å². The minimum atomic E-state index is -0.217. The van der Waals surface area contributed by atoms with Gasteiger partial charge in [0.15, 0.2) is 0 Å². The minimum absolute atomic E-state index is 0.0602. The predicted molar refractivity (Wildman–Crippen MR) is 106 cm³/mol. The molecule has 2 aliphatic rings. The van der Waals surface area contributed by atoms with Crippen molar-refractivity contribution in [3.63, 3.8) is 0 Å². The molecule has 1 aliphatic heterocycles. The van der Waals surface area contributed by atoms with Gasteiger partial charge in [0.1, 0.15) is 0 Å². The van der Waals surface area contributed by atoms with E-state index in [4.69, 9.17) is 0 Å². The van der Waals surface area contributed by atoms with Crippen LogP contribution in [-0.4, -0.2) is 44.4 Å². The van der Waals surface area contributed by atoms with Gasteiger partial charge in [-0.2, -0.15) is 0 Å². The number of fused-ring (bicyclic) bond motifs is 1. The fourth-order valence-corrected chi connectivity index (χ4v) is 5.03. The number of carbonyl (C=O) groups is 3. The molecule has 1 saturated heterocycles.